The number of aliphatic imine (C=N–C) groups is 1. The summed E-state index contributed by atoms with van der Waals surface area (Å²) >= 11 is 0. The fraction of sp³-hybridized carbons (Fsp3) is 0.700. The molecule has 19 heavy (non-hydrogen) atoms. The Morgan fingerprint density at radius 1 is 1.42 bits per heavy atom. The molecule has 0 saturated carbocycles. The van der Waals surface area contributed by atoms with Crippen LogP contribution in [0.5, 0.6) is 0 Å². The predicted octanol–water partition coefficient (Wildman–Crippen LogP) is 0.0669. The van der Waals surface area contributed by atoms with E-state index in [4.69, 9.17) is 10.3 Å². The molecule has 0 aliphatic carbocycles. The van der Waals surface area contributed by atoms with Crippen molar-refractivity contribution in [3.63, 3.8) is 0 Å². The van der Waals surface area contributed by atoms with Crippen LogP contribution in [0.15, 0.2) is 16.8 Å². The zero-order chi connectivity index (χ0) is 14.0. The highest BCUT2D eigenvalue weighted by atomic mass is 32.3. The molecule has 0 radical (unpaired) electrons. The van der Waals surface area contributed by atoms with Gasteiger partial charge in [0, 0.05) is 24.9 Å². The van der Waals surface area contributed by atoms with Crippen LogP contribution in [0.3, 0.4) is 0 Å². The van der Waals surface area contributed by atoms with Crippen LogP contribution in [0.25, 0.3) is 0 Å². The number of hydrogen-bond acceptors (Lipinski definition) is 7. The number of hydrogen-bond donors (Lipinski definition) is 2. The van der Waals surface area contributed by atoms with Crippen molar-refractivity contribution in [2.45, 2.75) is 32.5 Å². The van der Waals surface area contributed by atoms with Crippen LogP contribution in [0.1, 0.15) is 26.2 Å². The molecular formula is C10H18N4O4S. The van der Waals surface area contributed by atoms with Crippen molar-refractivity contribution in [3.8, 4) is 0 Å². The normalized spacial score (nSPS) is 25.1. The molecule has 2 heterocycles. The van der Waals surface area contributed by atoms with E-state index in [1.165, 1.54) is 6.42 Å². The van der Waals surface area contributed by atoms with E-state index in [1.54, 1.807) is 13.0 Å². The quantitative estimate of drug-likeness (QED) is 0.692. The van der Waals surface area contributed by atoms with Gasteiger partial charge < -0.3 is 4.90 Å². The summed E-state index contributed by atoms with van der Waals surface area (Å²) in [5, 5.41) is 0.864. The number of nitrogens with two attached hydrogens (primary N) is 1. The van der Waals surface area contributed by atoms with Crippen molar-refractivity contribution >= 4 is 16.2 Å². The van der Waals surface area contributed by atoms with Gasteiger partial charge in [0.15, 0.2) is 0 Å². The number of rotatable bonds is 2. The Bertz CT molecular complexity index is 496. The summed E-state index contributed by atoms with van der Waals surface area (Å²) in [4.78, 5) is 6.30. The molecule has 2 aliphatic rings. The molecule has 0 aromatic heterocycles. The molecule has 9 heteroatoms. The fourth-order valence-corrected chi connectivity index (χ4v) is 2.59. The molecule has 8 nitrogen and oxygen atoms in total. The molecule has 108 valence electrons. The molecule has 3 N–H and O–H groups in total. The molecule has 0 amide bonds. The van der Waals surface area contributed by atoms with E-state index in [0.717, 1.165) is 36.8 Å². The molecule has 1 fully saturated rings. The van der Waals surface area contributed by atoms with Gasteiger partial charge in [0.2, 0.25) is 6.29 Å². The molecule has 0 spiro atoms. The minimum Gasteiger partial charge on any atom is -0.357 e. The lowest BCUT2D eigenvalue weighted by molar-refractivity contribution is -0.0614. The zero-order valence-corrected chi connectivity index (χ0v) is 11.5. The van der Waals surface area contributed by atoms with Crippen molar-refractivity contribution < 1.29 is 17.3 Å². The average Bonchev–Trinajstić information content (AvgIpc) is 2.33. The van der Waals surface area contributed by atoms with Gasteiger partial charge in [0.05, 0.1) is 0 Å². The third-order valence-corrected chi connectivity index (χ3v) is 3.39. The Morgan fingerprint density at radius 2 is 2.05 bits per heavy atom. The molecule has 0 aromatic carbocycles. The van der Waals surface area contributed by atoms with Gasteiger partial charge in [-0.25, -0.2) is 10.1 Å². The molecule has 1 saturated heterocycles. The van der Waals surface area contributed by atoms with Gasteiger partial charge in [-0.2, -0.15) is 8.42 Å². The second kappa shape index (κ2) is 5.45. The Hall–Kier alpha value is -1.16. The van der Waals surface area contributed by atoms with Crippen LogP contribution in [-0.2, 0) is 14.7 Å². The second-order valence-electron chi connectivity index (χ2n) is 4.56. The van der Waals surface area contributed by atoms with Gasteiger partial charge in [-0.15, -0.1) is 4.28 Å². The predicted molar refractivity (Wildman–Crippen MR) is 69.1 cm³/mol. The van der Waals surface area contributed by atoms with Gasteiger partial charge in [0.25, 0.3) is 0 Å². The van der Waals surface area contributed by atoms with Gasteiger partial charge in [-0.1, -0.05) is 0 Å². The maximum atomic E-state index is 10.7. The van der Waals surface area contributed by atoms with Crippen LogP contribution in [0.2, 0.25) is 0 Å². The molecule has 1 unspecified atom stereocenters. The van der Waals surface area contributed by atoms with Crippen LogP contribution < -0.4 is 5.73 Å². The molecule has 0 aromatic rings. The van der Waals surface area contributed by atoms with Gasteiger partial charge in [-0.3, -0.25) is 10.3 Å². The average molecular weight is 290 g/mol. The Kier molecular flexibility index (Phi) is 4.09. The number of amidine groups is 1. The minimum atomic E-state index is -4.61. The molecule has 1 atom stereocenters. The smallest absolute Gasteiger partial charge is 0.357 e. The number of nitrogens with zero attached hydrogens (tertiary/aromatic N) is 3. The highest BCUT2D eigenvalue weighted by Gasteiger charge is 2.27. The number of hydroxylamine groups is 2. The standard InChI is InChI=1S/C10H18N4O4S/c1-8-7-9(13-5-3-2-4-6-13)12-10(11)14(8)18-19(15,16)17/h7,10H,2-6,11H2,1H3,(H,15,16,17). The van der Waals surface area contributed by atoms with Crippen molar-refractivity contribution in [1.29, 1.82) is 0 Å². The van der Waals surface area contributed by atoms with Crippen LogP contribution in [0, 0.1) is 0 Å². The van der Waals surface area contributed by atoms with Crippen molar-refractivity contribution in [1.82, 2.24) is 9.96 Å². The summed E-state index contributed by atoms with van der Waals surface area (Å²) in [5.74, 6) is 0.722. The van der Waals surface area contributed by atoms with Gasteiger partial charge in [0.1, 0.15) is 5.84 Å². The first kappa shape index (κ1) is 14.3. The van der Waals surface area contributed by atoms with Crippen LogP contribution in [0.4, 0.5) is 0 Å². The van der Waals surface area contributed by atoms with E-state index < -0.39 is 16.7 Å². The summed E-state index contributed by atoms with van der Waals surface area (Å²) < 4.78 is 34.5. The summed E-state index contributed by atoms with van der Waals surface area (Å²) in [5.41, 5.74) is 6.22. The van der Waals surface area contributed by atoms with Gasteiger partial charge in [-0.05, 0) is 26.2 Å². The monoisotopic (exact) mass is 290 g/mol. The number of likely N-dealkylation sites (tertiary alicyclic amines) is 1. The number of piperidine rings is 1. The Labute approximate surface area is 112 Å². The summed E-state index contributed by atoms with van der Waals surface area (Å²) in [6.07, 6.45) is 4.11. The zero-order valence-electron chi connectivity index (χ0n) is 10.7. The third kappa shape index (κ3) is 3.66. The molecule has 0 bridgehead atoms. The van der Waals surface area contributed by atoms with Crippen molar-refractivity contribution in [2.24, 2.45) is 10.7 Å². The van der Waals surface area contributed by atoms with Crippen molar-refractivity contribution in [2.75, 3.05) is 13.1 Å². The first-order valence-electron chi connectivity index (χ1n) is 6.10. The lowest BCUT2D eigenvalue weighted by Crippen LogP contribution is -2.47. The first-order valence-corrected chi connectivity index (χ1v) is 7.46. The highest BCUT2D eigenvalue weighted by Crippen LogP contribution is 2.19. The molecule has 2 rings (SSSR count). The van der Waals surface area contributed by atoms with E-state index in [1.807, 2.05) is 0 Å². The Morgan fingerprint density at radius 3 is 2.58 bits per heavy atom. The lowest BCUT2D eigenvalue weighted by atomic mass is 10.1. The maximum Gasteiger partial charge on any atom is 0.418 e. The summed E-state index contributed by atoms with van der Waals surface area (Å²) in [7, 11) is -4.61. The van der Waals surface area contributed by atoms with E-state index in [9.17, 15) is 8.42 Å². The van der Waals surface area contributed by atoms with Crippen LogP contribution >= 0.6 is 0 Å². The highest BCUT2D eigenvalue weighted by molar-refractivity contribution is 7.80. The minimum absolute atomic E-state index is 0.473. The first-order chi connectivity index (χ1) is 8.87. The van der Waals surface area contributed by atoms with E-state index in [2.05, 4.69) is 14.2 Å². The van der Waals surface area contributed by atoms with Gasteiger partial charge >= 0.3 is 10.4 Å². The molecular weight excluding hydrogens is 272 g/mol. The van der Waals surface area contributed by atoms with E-state index in [0.29, 0.717) is 5.70 Å². The lowest BCUT2D eigenvalue weighted by Gasteiger charge is -2.34. The number of allylic oxidation sites excluding steroid dienone is 1. The second-order valence-corrected chi connectivity index (χ2v) is 5.57. The summed E-state index contributed by atoms with van der Waals surface area (Å²) in [6, 6.07) is 0. The molecule has 2 aliphatic heterocycles. The Balaban J connectivity index is 2.13. The SMILES string of the molecule is CC1=CC(N2CCCCC2)=NC(N)N1OS(=O)(=O)O. The third-order valence-electron chi connectivity index (χ3n) is 3.04. The maximum absolute atomic E-state index is 10.7. The fourth-order valence-electron chi connectivity index (χ4n) is 2.18. The van der Waals surface area contributed by atoms with Crippen LogP contribution in [-0.4, -0.2) is 48.1 Å². The van der Waals surface area contributed by atoms with E-state index >= 15 is 0 Å². The van der Waals surface area contributed by atoms with Crippen molar-refractivity contribution in [3.05, 3.63) is 11.8 Å². The van der Waals surface area contributed by atoms with E-state index in [-0.39, 0.29) is 0 Å². The summed E-state index contributed by atoms with van der Waals surface area (Å²) in [6.45, 7) is 3.46. The largest absolute Gasteiger partial charge is 0.418 e. The topological polar surface area (TPSA) is 108 Å².